The molecule has 0 spiro atoms. The molecule has 2 aromatic rings. The van der Waals surface area contributed by atoms with Gasteiger partial charge in [-0.3, -0.25) is 4.99 Å². The van der Waals surface area contributed by atoms with Crippen LogP contribution >= 0.6 is 11.8 Å². The third-order valence-corrected chi connectivity index (χ3v) is 4.05. The first kappa shape index (κ1) is 12.2. The topological polar surface area (TPSA) is 42.6 Å². The van der Waals surface area contributed by atoms with Crippen molar-refractivity contribution in [3.05, 3.63) is 58.1 Å². The highest BCUT2D eigenvalue weighted by Crippen LogP contribution is 2.33. The molecule has 0 atom stereocenters. The molecule has 0 saturated heterocycles. The van der Waals surface area contributed by atoms with Crippen molar-refractivity contribution >= 4 is 23.2 Å². The third kappa shape index (κ3) is 2.49. The van der Waals surface area contributed by atoms with Gasteiger partial charge in [0.1, 0.15) is 5.76 Å². The Kier molecular flexibility index (Phi) is 3.25. The number of aliphatic imine (C=N–C) groups is 1. The maximum atomic E-state index is 11.9. The molecule has 2 heterocycles. The van der Waals surface area contributed by atoms with Gasteiger partial charge < -0.3 is 4.42 Å². The Hall–Kier alpha value is -1.81. The molecule has 0 saturated carbocycles. The smallest absolute Gasteiger partial charge is 0.345 e. The van der Waals surface area contributed by atoms with E-state index in [0.29, 0.717) is 11.3 Å². The van der Waals surface area contributed by atoms with Crippen molar-refractivity contribution in [2.75, 3.05) is 5.75 Å². The van der Waals surface area contributed by atoms with E-state index >= 15 is 0 Å². The Morgan fingerprint density at radius 3 is 2.89 bits per heavy atom. The molecular weight excluding hydrogens is 258 g/mol. The second-order valence-corrected chi connectivity index (χ2v) is 5.51. The highest BCUT2D eigenvalue weighted by Gasteiger charge is 2.15. The lowest BCUT2D eigenvalue weighted by Crippen LogP contribution is -2.15. The minimum Gasteiger partial charge on any atom is -0.428 e. The van der Waals surface area contributed by atoms with Crippen LogP contribution in [0.3, 0.4) is 0 Å². The van der Waals surface area contributed by atoms with Crippen LogP contribution in [0, 0.1) is 6.92 Å². The summed E-state index contributed by atoms with van der Waals surface area (Å²) in [7, 11) is 0. The van der Waals surface area contributed by atoms with Crippen molar-refractivity contribution in [3.8, 4) is 0 Å². The molecule has 0 amide bonds. The van der Waals surface area contributed by atoms with Crippen LogP contribution < -0.4 is 5.63 Å². The van der Waals surface area contributed by atoms with Gasteiger partial charge in [-0.2, -0.15) is 0 Å². The monoisotopic (exact) mass is 271 g/mol. The van der Waals surface area contributed by atoms with Crippen LogP contribution in [0.2, 0.25) is 0 Å². The average molecular weight is 271 g/mol. The van der Waals surface area contributed by atoms with Gasteiger partial charge in [0.25, 0.3) is 0 Å². The molecule has 3 nitrogen and oxygen atoms in total. The van der Waals surface area contributed by atoms with E-state index in [1.807, 2.05) is 24.3 Å². The molecule has 0 aliphatic carbocycles. The number of para-hydroxylation sites is 1. The molecule has 0 unspecified atom stereocenters. The molecule has 1 aliphatic heterocycles. The van der Waals surface area contributed by atoms with Crippen molar-refractivity contribution in [2.24, 2.45) is 4.99 Å². The molecule has 3 rings (SSSR count). The molecule has 19 heavy (non-hydrogen) atoms. The summed E-state index contributed by atoms with van der Waals surface area (Å²) in [6.45, 7) is 1.77. The van der Waals surface area contributed by atoms with Gasteiger partial charge in [-0.1, -0.05) is 12.1 Å². The van der Waals surface area contributed by atoms with Crippen molar-refractivity contribution < 1.29 is 4.42 Å². The molecule has 4 heteroatoms. The molecule has 0 N–H and O–H groups in total. The molecule has 1 aromatic heterocycles. The molecular formula is C15H13NO2S. The fourth-order valence-electron chi connectivity index (χ4n) is 2.04. The van der Waals surface area contributed by atoms with E-state index in [-0.39, 0.29) is 5.63 Å². The van der Waals surface area contributed by atoms with Crippen LogP contribution in [-0.2, 0) is 0 Å². The first-order chi connectivity index (χ1) is 9.24. The van der Waals surface area contributed by atoms with Crippen LogP contribution in [0.5, 0.6) is 0 Å². The molecule has 0 radical (unpaired) electrons. The largest absolute Gasteiger partial charge is 0.428 e. The fourth-order valence-corrected chi connectivity index (χ4v) is 3.00. The van der Waals surface area contributed by atoms with Crippen LogP contribution in [0.25, 0.3) is 0 Å². The predicted molar refractivity (Wildman–Crippen MR) is 77.7 cm³/mol. The van der Waals surface area contributed by atoms with Crippen LogP contribution in [0.4, 0.5) is 5.69 Å². The van der Waals surface area contributed by atoms with E-state index in [1.54, 1.807) is 24.8 Å². The van der Waals surface area contributed by atoms with Crippen LogP contribution in [0.15, 0.2) is 55.5 Å². The summed E-state index contributed by atoms with van der Waals surface area (Å²) in [5, 5.41) is 0. The number of hydrogen-bond acceptors (Lipinski definition) is 4. The van der Waals surface area contributed by atoms with Gasteiger partial charge in [0.15, 0.2) is 0 Å². The number of hydrogen-bond donors (Lipinski definition) is 0. The number of benzene rings is 1. The maximum absolute atomic E-state index is 11.9. The predicted octanol–water partition coefficient (Wildman–Crippen LogP) is 3.56. The standard InChI is InChI=1S/C15H13NO2S/c1-10-6-7-11(15(17)18-10)12-8-9-19-14-5-3-2-4-13(14)16-12/h2-7H,8-9H2,1H3. The molecule has 1 aromatic carbocycles. The molecule has 0 fully saturated rings. The fraction of sp³-hybridized carbons (Fsp3) is 0.200. The highest BCUT2D eigenvalue weighted by molar-refractivity contribution is 7.99. The van der Waals surface area contributed by atoms with E-state index in [0.717, 1.165) is 28.5 Å². The van der Waals surface area contributed by atoms with Gasteiger partial charge in [-0.25, -0.2) is 4.79 Å². The zero-order valence-corrected chi connectivity index (χ0v) is 11.4. The molecule has 0 bridgehead atoms. The third-order valence-electron chi connectivity index (χ3n) is 2.99. The Balaban J connectivity index is 2.10. The average Bonchev–Trinajstić information content (AvgIpc) is 2.60. The van der Waals surface area contributed by atoms with Gasteiger partial charge >= 0.3 is 5.63 Å². The molecule has 96 valence electrons. The minimum absolute atomic E-state index is 0.303. The lowest BCUT2D eigenvalue weighted by atomic mass is 10.1. The van der Waals surface area contributed by atoms with Crippen molar-refractivity contribution in [2.45, 2.75) is 18.2 Å². The number of rotatable bonds is 1. The number of aryl methyl sites for hydroxylation is 1. The van der Waals surface area contributed by atoms with Crippen molar-refractivity contribution in [1.29, 1.82) is 0 Å². The quantitative estimate of drug-likeness (QED) is 0.796. The summed E-state index contributed by atoms with van der Waals surface area (Å²) in [5.74, 6) is 1.54. The SMILES string of the molecule is Cc1ccc(C2=Nc3ccccc3SCC2)c(=O)o1. The molecule has 1 aliphatic rings. The summed E-state index contributed by atoms with van der Waals surface area (Å²) in [5.41, 5.74) is 2.01. The van der Waals surface area contributed by atoms with Crippen LogP contribution in [0.1, 0.15) is 17.7 Å². The van der Waals surface area contributed by atoms with E-state index in [4.69, 9.17) is 4.42 Å². The summed E-state index contributed by atoms with van der Waals surface area (Å²) < 4.78 is 5.15. The van der Waals surface area contributed by atoms with Gasteiger partial charge in [0.05, 0.1) is 17.0 Å². The van der Waals surface area contributed by atoms with Crippen molar-refractivity contribution in [3.63, 3.8) is 0 Å². The maximum Gasteiger partial charge on any atom is 0.345 e. The Bertz CT molecular complexity index is 703. The zero-order valence-electron chi connectivity index (χ0n) is 10.6. The number of fused-ring (bicyclic) bond motifs is 1. The number of thioether (sulfide) groups is 1. The summed E-state index contributed by atoms with van der Waals surface area (Å²) in [6.07, 6.45) is 0.771. The number of nitrogens with zero attached hydrogens (tertiary/aromatic N) is 1. The summed E-state index contributed by atoms with van der Waals surface area (Å²) >= 11 is 1.77. The second kappa shape index (κ2) is 5.05. The van der Waals surface area contributed by atoms with E-state index < -0.39 is 0 Å². The summed E-state index contributed by atoms with van der Waals surface area (Å²) in [6, 6.07) is 11.6. The van der Waals surface area contributed by atoms with Crippen LogP contribution in [-0.4, -0.2) is 11.5 Å². The van der Waals surface area contributed by atoms with E-state index in [2.05, 4.69) is 11.1 Å². The lowest BCUT2D eigenvalue weighted by molar-refractivity contribution is 0.479. The van der Waals surface area contributed by atoms with Gasteiger partial charge in [-0.05, 0) is 37.6 Å². The highest BCUT2D eigenvalue weighted by atomic mass is 32.2. The lowest BCUT2D eigenvalue weighted by Gasteiger charge is -2.02. The van der Waals surface area contributed by atoms with Crippen molar-refractivity contribution in [1.82, 2.24) is 0 Å². The zero-order chi connectivity index (χ0) is 13.2. The Morgan fingerprint density at radius 2 is 2.05 bits per heavy atom. The van der Waals surface area contributed by atoms with Gasteiger partial charge in [0, 0.05) is 10.6 Å². The first-order valence-electron chi connectivity index (χ1n) is 6.14. The first-order valence-corrected chi connectivity index (χ1v) is 7.13. The van der Waals surface area contributed by atoms with E-state index in [9.17, 15) is 4.79 Å². The Labute approximate surface area is 115 Å². The second-order valence-electron chi connectivity index (χ2n) is 4.37. The Morgan fingerprint density at radius 1 is 1.21 bits per heavy atom. The normalized spacial score (nSPS) is 14.5. The minimum atomic E-state index is -0.303. The summed E-state index contributed by atoms with van der Waals surface area (Å²) in [4.78, 5) is 17.7. The van der Waals surface area contributed by atoms with Gasteiger partial charge in [0.2, 0.25) is 0 Å². The van der Waals surface area contributed by atoms with Gasteiger partial charge in [-0.15, -0.1) is 11.8 Å². The van der Waals surface area contributed by atoms with E-state index in [1.165, 1.54) is 0 Å².